The maximum absolute atomic E-state index is 12.8. The van der Waals surface area contributed by atoms with Gasteiger partial charge in [0.1, 0.15) is 5.75 Å². The van der Waals surface area contributed by atoms with E-state index in [1.807, 2.05) is 36.4 Å². The van der Waals surface area contributed by atoms with E-state index < -0.39 is 18.0 Å². The van der Waals surface area contributed by atoms with Gasteiger partial charge in [-0.25, -0.2) is 4.79 Å². The minimum absolute atomic E-state index is 0.442. The topological polar surface area (TPSA) is 64.6 Å². The van der Waals surface area contributed by atoms with Crippen LogP contribution in [0.25, 0.3) is 6.08 Å². The highest BCUT2D eigenvalue weighted by Gasteiger charge is 2.24. The quantitative estimate of drug-likeness (QED) is 0.474. The monoisotopic (exact) mass is 387 g/mol. The minimum Gasteiger partial charge on any atom is -0.497 e. The van der Waals surface area contributed by atoms with Gasteiger partial charge in [-0.15, -0.1) is 0 Å². The summed E-state index contributed by atoms with van der Waals surface area (Å²) in [6.45, 7) is 0. The lowest BCUT2D eigenvalue weighted by Gasteiger charge is -2.17. The summed E-state index contributed by atoms with van der Waals surface area (Å²) in [5.74, 6) is -0.365. The standard InChI is InChI=1S/C24H21NO4/c1-28-21-15-13-20(14-16-21)25-24(27)23(19-10-6-3-7-11-19)29-22(26)17-12-18-8-4-2-5-9-18/h2-17,23H,1H3,(H,25,27)/b17-12+. The molecule has 3 rings (SSSR count). The predicted octanol–water partition coefficient (Wildman–Crippen LogP) is 4.63. The lowest BCUT2D eigenvalue weighted by Crippen LogP contribution is -2.25. The fourth-order valence-electron chi connectivity index (χ4n) is 2.67. The number of amides is 1. The van der Waals surface area contributed by atoms with Crippen LogP contribution in [0.2, 0.25) is 0 Å². The fraction of sp³-hybridized carbons (Fsp3) is 0.0833. The number of hydrogen-bond donors (Lipinski definition) is 1. The number of hydrogen-bond acceptors (Lipinski definition) is 4. The van der Waals surface area contributed by atoms with E-state index >= 15 is 0 Å². The molecule has 146 valence electrons. The van der Waals surface area contributed by atoms with Crippen LogP contribution in [0.4, 0.5) is 5.69 Å². The second-order valence-electron chi connectivity index (χ2n) is 6.19. The molecular formula is C24H21NO4. The van der Waals surface area contributed by atoms with Crippen LogP contribution in [0.3, 0.4) is 0 Å². The van der Waals surface area contributed by atoms with Crippen LogP contribution < -0.4 is 10.1 Å². The van der Waals surface area contributed by atoms with Crippen molar-refractivity contribution in [2.75, 3.05) is 12.4 Å². The Labute approximate surface area is 169 Å². The molecule has 0 heterocycles. The van der Waals surface area contributed by atoms with Crippen molar-refractivity contribution in [3.8, 4) is 5.75 Å². The second-order valence-corrected chi connectivity index (χ2v) is 6.19. The SMILES string of the molecule is COc1ccc(NC(=O)C(OC(=O)/C=C/c2ccccc2)c2ccccc2)cc1. The van der Waals surface area contributed by atoms with Gasteiger partial charge in [0.2, 0.25) is 6.10 Å². The Morgan fingerprint density at radius 1 is 0.862 bits per heavy atom. The molecule has 1 atom stereocenters. The molecule has 0 bridgehead atoms. The van der Waals surface area contributed by atoms with Gasteiger partial charge in [-0.1, -0.05) is 60.7 Å². The van der Waals surface area contributed by atoms with Crippen LogP contribution in [0.5, 0.6) is 5.75 Å². The molecule has 0 saturated carbocycles. The van der Waals surface area contributed by atoms with Crippen LogP contribution in [0, 0.1) is 0 Å². The number of ether oxygens (including phenoxy) is 2. The highest BCUT2D eigenvalue weighted by molar-refractivity contribution is 5.97. The number of esters is 1. The normalized spacial score (nSPS) is 11.6. The molecule has 0 spiro atoms. The van der Waals surface area contributed by atoms with E-state index in [9.17, 15) is 9.59 Å². The van der Waals surface area contributed by atoms with Gasteiger partial charge >= 0.3 is 5.97 Å². The van der Waals surface area contributed by atoms with Crippen molar-refractivity contribution in [1.82, 2.24) is 0 Å². The molecular weight excluding hydrogens is 366 g/mol. The van der Waals surface area contributed by atoms with Crippen molar-refractivity contribution < 1.29 is 19.1 Å². The zero-order valence-electron chi connectivity index (χ0n) is 15.9. The predicted molar refractivity (Wildman–Crippen MR) is 112 cm³/mol. The first-order chi connectivity index (χ1) is 14.2. The Balaban J connectivity index is 1.74. The largest absolute Gasteiger partial charge is 0.497 e. The maximum atomic E-state index is 12.8. The molecule has 1 amide bonds. The molecule has 0 aliphatic heterocycles. The number of rotatable bonds is 7. The van der Waals surface area contributed by atoms with Crippen LogP contribution in [-0.2, 0) is 14.3 Å². The van der Waals surface area contributed by atoms with Crippen LogP contribution in [0.1, 0.15) is 17.2 Å². The highest BCUT2D eigenvalue weighted by Crippen LogP contribution is 2.22. The Morgan fingerprint density at radius 2 is 1.48 bits per heavy atom. The molecule has 0 aliphatic rings. The highest BCUT2D eigenvalue weighted by atomic mass is 16.5. The first-order valence-electron chi connectivity index (χ1n) is 9.09. The van der Waals surface area contributed by atoms with Crippen molar-refractivity contribution in [3.63, 3.8) is 0 Å². The summed E-state index contributed by atoms with van der Waals surface area (Å²) in [5, 5.41) is 2.78. The van der Waals surface area contributed by atoms with Gasteiger partial charge in [-0.2, -0.15) is 0 Å². The van der Waals surface area contributed by atoms with Crippen LogP contribution in [0.15, 0.2) is 91.0 Å². The molecule has 0 fully saturated rings. The third-order valence-electron chi connectivity index (χ3n) is 4.14. The number of nitrogens with one attached hydrogen (secondary N) is 1. The first-order valence-corrected chi connectivity index (χ1v) is 9.09. The lowest BCUT2D eigenvalue weighted by atomic mass is 10.1. The first kappa shape index (κ1) is 19.9. The Morgan fingerprint density at radius 3 is 2.10 bits per heavy atom. The van der Waals surface area contributed by atoms with E-state index in [1.54, 1.807) is 61.7 Å². The fourth-order valence-corrected chi connectivity index (χ4v) is 2.67. The summed E-state index contributed by atoms with van der Waals surface area (Å²) >= 11 is 0. The summed E-state index contributed by atoms with van der Waals surface area (Å²) in [7, 11) is 1.57. The number of methoxy groups -OCH3 is 1. The summed E-state index contributed by atoms with van der Waals surface area (Å²) < 4.78 is 10.6. The van der Waals surface area contributed by atoms with E-state index in [-0.39, 0.29) is 0 Å². The van der Waals surface area contributed by atoms with E-state index in [0.717, 1.165) is 5.56 Å². The summed E-state index contributed by atoms with van der Waals surface area (Å²) in [6, 6.07) is 25.2. The molecule has 0 aromatic heterocycles. The van der Waals surface area contributed by atoms with Crippen molar-refractivity contribution in [3.05, 3.63) is 102 Å². The second kappa shape index (κ2) is 9.90. The number of benzene rings is 3. The van der Waals surface area contributed by atoms with Crippen LogP contribution in [-0.4, -0.2) is 19.0 Å². The molecule has 5 heteroatoms. The molecule has 0 aliphatic carbocycles. The number of carbonyl (C=O) groups excluding carboxylic acids is 2. The van der Waals surface area contributed by atoms with E-state index in [1.165, 1.54) is 6.08 Å². The van der Waals surface area contributed by atoms with Crippen molar-refractivity contribution >= 4 is 23.6 Å². The Hall–Kier alpha value is -3.86. The molecule has 29 heavy (non-hydrogen) atoms. The van der Waals surface area contributed by atoms with E-state index in [0.29, 0.717) is 17.0 Å². The lowest BCUT2D eigenvalue weighted by molar-refractivity contribution is -0.149. The molecule has 1 unspecified atom stereocenters. The Bertz CT molecular complexity index is 967. The smallest absolute Gasteiger partial charge is 0.331 e. The van der Waals surface area contributed by atoms with Gasteiger partial charge in [-0.05, 0) is 35.9 Å². The van der Waals surface area contributed by atoms with Crippen molar-refractivity contribution in [2.45, 2.75) is 6.10 Å². The molecule has 0 saturated heterocycles. The van der Waals surface area contributed by atoms with Gasteiger partial charge in [0, 0.05) is 17.3 Å². The average Bonchev–Trinajstić information content (AvgIpc) is 2.78. The van der Waals surface area contributed by atoms with Gasteiger partial charge in [0.25, 0.3) is 5.91 Å². The third kappa shape index (κ3) is 5.81. The molecule has 1 N–H and O–H groups in total. The maximum Gasteiger partial charge on any atom is 0.331 e. The zero-order valence-corrected chi connectivity index (χ0v) is 15.9. The molecule has 5 nitrogen and oxygen atoms in total. The molecule has 0 radical (unpaired) electrons. The van der Waals surface area contributed by atoms with Gasteiger partial charge in [0.05, 0.1) is 7.11 Å². The minimum atomic E-state index is -1.08. The van der Waals surface area contributed by atoms with Gasteiger partial charge < -0.3 is 14.8 Å². The van der Waals surface area contributed by atoms with E-state index in [2.05, 4.69) is 5.32 Å². The zero-order chi connectivity index (χ0) is 20.5. The van der Waals surface area contributed by atoms with Gasteiger partial charge in [-0.3, -0.25) is 4.79 Å². The molecule has 3 aromatic carbocycles. The summed E-state index contributed by atoms with van der Waals surface area (Å²) in [5.41, 5.74) is 2.02. The number of anilines is 1. The summed E-state index contributed by atoms with van der Waals surface area (Å²) in [4.78, 5) is 25.2. The number of carbonyl (C=O) groups is 2. The van der Waals surface area contributed by atoms with Crippen molar-refractivity contribution in [2.24, 2.45) is 0 Å². The van der Waals surface area contributed by atoms with Gasteiger partial charge in [0.15, 0.2) is 0 Å². The average molecular weight is 387 g/mol. The van der Waals surface area contributed by atoms with Crippen LogP contribution >= 0.6 is 0 Å². The van der Waals surface area contributed by atoms with Crippen molar-refractivity contribution in [1.29, 1.82) is 0 Å². The third-order valence-corrected chi connectivity index (χ3v) is 4.14. The van der Waals surface area contributed by atoms with E-state index in [4.69, 9.17) is 9.47 Å². The summed E-state index contributed by atoms with van der Waals surface area (Å²) in [6.07, 6.45) is 1.88. The molecule has 3 aromatic rings. The Kier molecular flexibility index (Phi) is 6.79.